The van der Waals surface area contributed by atoms with E-state index < -0.39 is 0 Å². The van der Waals surface area contributed by atoms with Gasteiger partial charge in [-0.2, -0.15) is 0 Å². The summed E-state index contributed by atoms with van der Waals surface area (Å²) < 4.78 is 0. The first-order valence-corrected chi connectivity index (χ1v) is 9.33. The molecule has 26 heavy (non-hydrogen) atoms. The predicted molar refractivity (Wildman–Crippen MR) is 112 cm³/mol. The average molecular weight is 348 g/mol. The average Bonchev–Trinajstić information content (AvgIpc) is 2.70. The molecule has 0 heterocycles. The highest BCUT2D eigenvalue weighted by Crippen LogP contribution is 2.15. The van der Waals surface area contributed by atoms with Crippen LogP contribution < -0.4 is 0 Å². The minimum Gasteiger partial charge on any atom is -0.356 e. The SMILES string of the molecule is CC/C=C\CC(CC)N(C)C(=NC(=N)c1ccccc1)c1ccccc1. The molecular formula is C23H29N3. The third kappa shape index (κ3) is 5.41. The Hall–Kier alpha value is -2.68. The van der Waals surface area contributed by atoms with E-state index in [4.69, 9.17) is 10.4 Å². The quantitative estimate of drug-likeness (QED) is 0.399. The Morgan fingerprint density at radius 2 is 1.54 bits per heavy atom. The van der Waals surface area contributed by atoms with Gasteiger partial charge in [-0.3, -0.25) is 5.41 Å². The highest BCUT2D eigenvalue weighted by atomic mass is 15.2. The van der Waals surface area contributed by atoms with Crippen LogP contribution in [0.15, 0.2) is 77.8 Å². The molecule has 0 fully saturated rings. The van der Waals surface area contributed by atoms with E-state index in [0.717, 1.165) is 36.2 Å². The summed E-state index contributed by atoms with van der Waals surface area (Å²) in [6.45, 7) is 4.35. The zero-order valence-electron chi connectivity index (χ0n) is 16.0. The Morgan fingerprint density at radius 1 is 0.962 bits per heavy atom. The van der Waals surface area contributed by atoms with Crippen molar-refractivity contribution in [2.75, 3.05) is 7.05 Å². The standard InChI is InChI=1S/C23H29N3/c1-4-6-9-18-21(5-2)26(3)23(20-16-12-8-13-17-20)25-22(24)19-14-10-7-11-15-19/h6-17,21,24H,4-5,18H2,1-3H3/b9-6-,24-22?,25-23?. The molecule has 2 aromatic carbocycles. The van der Waals surface area contributed by atoms with Gasteiger partial charge in [0, 0.05) is 24.2 Å². The molecule has 0 aliphatic heterocycles. The molecule has 0 bridgehead atoms. The van der Waals surface area contributed by atoms with Gasteiger partial charge in [-0.1, -0.05) is 86.7 Å². The Kier molecular flexibility index (Phi) is 7.81. The Labute approximate surface area is 157 Å². The molecule has 136 valence electrons. The van der Waals surface area contributed by atoms with Crippen molar-refractivity contribution in [3.63, 3.8) is 0 Å². The Morgan fingerprint density at radius 3 is 2.08 bits per heavy atom. The lowest BCUT2D eigenvalue weighted by Crippen LogP contribution is -2.37. The summed E-state index contributed by atoms with van der Waals surface area (Å²) in [4.78, 5) is 6.93. The van der Waals surface area contributed by atoms with Crippen molar-refractivity contribution in [1.29, 1.82) is 5.41 Å². The second-order valence-electron chi connectivity index (χ2n) is 6.30. The molecule has 1 unspecified atom stereocenters. The van der Waals surface area contributed by atoms with Crippen LogP contribution >= 0.6 is 0 Å². The van der Waals surface area contributed by atoms with E-state index in [9.17, 15) is 0 Å². The number of nitrogens with one attached hydrogen (secondary N) is 1. The summed E-state index contributed by atoms with van der Waals surface area (Å²) in [6.07, 6.45) is 7.51. The molecule has 0 aliphatic carbocycles. The molecular weight excluding hydrogens is 318 g/mol. The molecule has 3 nitrogen and oxygen atoms in total. The number of aliphatic imine (C=N–C) groups is 1. The van der Waals surface area contributed by atoms with Crippen LogP contribution in [0.5, 0.6) is 0 Å². The van der Waals surface area contributed by atoms with Gasteiger partial charge in [0.2, 0.25) is 0 Å². The van der Waals surface area contributed by atoms with Crippen molar-refractivity contribution in [2.45, 2.75) is 39.2 Å². The van der Waals surface area contributed by atoms with E-state index in [1.807, 2.05) is 48.5 Å². The van der Waals surface area contributed by atoms with Gasteiger partial charge < -0.3 is 4.90 Å². The lowest BCUT2D eigenvalue weighted by molar-refractivity contribution is 0.358. The molecule has 0 aromatic heterocycles. The molecule has 2 aromatic rings. The van der Waals surface area contributed by atoms with Gasteiger partial charge in [0.1, 0.15) is 5.84 Å². The summed E-state index contributed by atoms with van der Waals surface area (Å²) in [5.74, 6) is 1.13. The van der Waals surface area contributed by atoms with Crippen molar-refractivity contribution in [3.8, 4) is 0 Å². The minimum atomic E-state index is 0.287. The van der Waals surface area contributed by atoms with Crippen LogP contribution in [0.3, 0.4) is 0 Å². The van der Waals surface area contributed by atoms with Gasteiger partial charge in [-0.05, 0) is 19.3 Å². The molecule has 0 saturated carbocycles. The first-order chi connectivity index (χ1) is 12.7. The highest BCUT2D eigenvalue weighted by molar-refractivity contribution is 6.10. The van der Waals surface area contributed by atoms with E-state index in [1.165, 1.54) is 0 Å². The Bertz CT molecular complexity index is 733. The maximum Gasteiger partial charge on any atom is 0.154 e. The second-order valence-corrected chi connectivity index (χ2v) is 6.30. The number of hydrogen-bond donors (Lipinski definition) is 1. The lowest BCUT2D eigenvalue weighted by atomic mass is 10.1. The predicted octanol–water partition coefficient (Wildman–Crippen LogP) is 5.53. The fourth-order valence-corrected chi connectivity index (χ4v) is 2.89. The van der Waals surface area contributed by atoms with Crippen LogP contribution in [0, 0.1) is 5.41 Å². The van der Waals surface area contributed by atoms with Crippen molar-refractivity contribution < 1.29 is 0 Å². The zero-order chi connectivity index (χ0) is 18.8. The van der Waals surface area contributed by atoms with E-state index in [0.29, 0.717) is 6.04 Å². The van der Waals surface area contributed by atoms with Gasteiger partial charge in [-0.25, -0.2) is 4.99 Å². The van der Waals surface area contributed by atoms with E-state index in [2.05, 4.69) is 50.1 Å². The maximum atomic E-state index is 8.44. The van der Waals surface area contributed by atoms with Crippen molar-refractivity contribution >= 4 is 11.7 Å². The summed E-state index contributed by atoms with van der Waals surface area (Å²) >= 11 is 0. The largest absolute Gasteiger partial charge is 0.356 e. The highest BCUT2D eigenvalue weighted by Gasteiger charge is 2.18. The minimum absolute atomic E-state index is 0.287. The number of rotatable bonds is 7. The maximum absolute atomic E-state index is 8.44. The van der Waals surface area contributed by atoms with Crippen molar-refractivity contribution in [2.24, 2.45) is 4.99 Å². The number of nitrogens with zero attached hydrogens (tertiary/aromatic N) is 2. The molecule has 0 saturated heterocycles. The first kappa shape index (κ1) is 19.6. The van der Waals surface area contributed by atoms with Crippen LogP contribution in [0.1, 0.15) is 44.2 Å². The van der Waals surface area contributed by atoms with Gasteiger partial charge in [0.25, 0.3) is 0 Å². The number of hydrogen-bond acceptors (Lipinski definition) is 1. The fraction of sp³-hybridized carbons (Fsp3) is 0.304. The molecule has 0 spiro atoms. The van der Waals surface area contributed by atoms with Crippen LogP contribution in [0.25, 0.3) is 0 Å². The van der Waals surface area contributed by atoms with Crippen LogP contribution in [0.4, 0.5) is 0 Å². The van der Waals surface area contributed by atoms with Gasteiger partial charge >= 0.3 is 0 Å². The summed E-state index contributed by atoms with van der Waals surface area (Å²) in [5, 5.41) is 8.44. The van der Waals surface area contributed by atoms with Gasteiger partial charge in [0.15, 0.2) is 5.84 Å². The summed E-state index contributed by atoms with van der Waals surface area (Å²) in [6, 6.07) is 20.2. The second kappa shape index (κ2) is 10.3. The molecule has 0 aliphatic rings. The topological polar surface area (TPSA) is 39.5 Å². The van der Waals surface area contributed by atoms with E-state index in [1.54, 1.807) is 0 Å². The smallest absolute Gasteiger partial charge is 0.154 e. The Balaban J connectivity index is 2.36. The summed E-state index contributed by atoms with van der Waals surface area (Å²) in [7, 11) is 2.08. The normalized spacial score (nSPS) is 13.0. The zero-order valence-corrected chi connectivity index (χ0v) is 16.0. The van der Waals surface area contributed by atoms with E-state index >= 15 is 0 Å². The third-order valence-electron chi connectivity index (χ3n) is 4.46. The molecule has 3 heteroatoms. The number of allylic oxidation sites excluding steroid dienone is 1. The van der Waals surface area contributed by atoms with Crippen LogP contribution in [0.2, 0.25) is 0 Å². The first-order valence-electron chi connectivity index (χ1n) is 9.33. The summed E-state index contributed by atoms with van der Waals surface area (Å²) in [5.41, 5.74) is 1.86. The van der Waals surface area contributed by atoms with Crippen molar-refractivity contribution in [3.05, 3.63) is 83.9 Å². The molecule has 1 N–H and O–H groups in total. The van der Waals surface area contributed by atoms with Gasteiger partial charge in [0.05, 0.1) is 0 Å². The molecule has 0 amide bonds. The van der Waals surface area contributed by atoms with E-state index in [-0.39, 0.29) is 5.84 Å². The fourth-order valence-electron chi connectivity index (χ4n) is 2.89. The monoisotopic (exact) mass is 347 g/mol. The molecule has 1 atom stereocenters. The lowest BCUT2D eigenvalue weighted by Gasteiger charge is -2.30. The molecule has 2 rings (SSSR count). The molecule has 0 radical (unpaired) electrons. The number of benzene rings is 2. The third-order valence-corrected chi connectivity index (χ3v) is 4.46. The van der Waals surface area contributed by atoms with Gasteiger partial charge in [-0.15, -0.1) is 0 Å². The van der Waals surface area contributed by atoms with Crippen LogP contribution in [-0.4, -0.2) is 29.7 Å². The van der Waals surface area contributed by atoms with Crippen molar-refractivity contribution in [1.82, 2.24) is 4.90 Å². The van der Waals surface area contributed by atoms with Crippen LogP contribution in [-0.2, 0) is 0 Å². The number of amidine groups is 2.